The largest absolute Gasteiger partial charge is 0.493 e. The molecule has 6 heteroatoms. The molecule has 0 amide bonds. The zero-order valence-electron chi connectivity index (χ0n) is 19.4. The van der Waals surface area contributed by atoms with Crippen LogP contribution in [0.25, 0.3) is 0 Å². The van der Waals surface area contributed by atoms with Crippen LogP contribution in [0.15, 0.2) is 42.6 Å². The first-order valence-electron chi connectivity index (χ1n) is 11.0. The number of hydrogen-bond acceptors (Lipinski definition) is 6. The fourth-order valence-corrected chi connectivity index (χ4v) is 2.82. The summed E-state index contributed by atoms with van der Waals surface area (Å²) in [6.07, 6.45) is 4.88. The van der Waals surface area contributed by atoms with Crippen molar-refractivity contribution in [3.63, 3.8) is 0 Å². The van der Waals surface area contributed by atoms with Gasteiger partial charge in [-0.3, -0.25) is 9.82 Å². The van der Waals surface area contributed by atoms with Crippen LogP contribution >= 0.6 is 0 Å². The molecule has 0 bridgehead atoms. The Morgan fingerprint density at radius 3 is 2.39 bits per heavy atom. The summed E-state index contributed by atoms with van der Waals surface area (Å²) < 4.78 is 11.1. The first-order valence-corrected chi connectivity index (χ1v) is 11.0. The molecule has 1 aromatic carbocycles. The highest BCUT2D eigenvalue weighted by Gasteiger charge is 2.22. The van der Waals surface area contributed by atoms with Crippen LogP contribution in [-0.4, -0.2) is 35.8 Å². The molecule has 1 atom stereocenters. The van der Waals surface area contributed by atoms with E-state index in [2.05, 4.69) is 41.7 Å². The number of hydroxylamine groups is 1. The Kier molecular flexibility index (Phi) is 9.95. The Morgan fingerprint density at radius 1 is 1.06 bits per heavy atom. The van der Waals surface area contributed by atoms with Gasteiger partial charge in [0.25, 0.3) is 0 Å². The van der Waals surface area contributed by atoms with Crippen LogP contribution in [0.5, 0.6) is 5.75 Å². The van der Waals surface area contributed by atoms with Crippen molar-refractivity contribution in [1.29, 1.82) is 0 Å². The van der Waals surface area contributed by atoms with E-state index in [-0.39, 0.29) is 5.97 Å². The summed E-state index contributed by atoms with van der Waals surface area (Å²) in [7, 11) is 0. The van der Waals surface area contributed by atoms with E-state index in [0.29, 0.717) is 13.2 Å². The van der Waals surface area contributed by atoms with E-state index in [0.717, 1.165) is 37.1 Å². The monoisotopic (exact) mass is 428 g/mol. The van der Waals surface area contributed by atoms with Gasteiger partial charge in [-0.15, -0.1) is 0 Å². The molecule has 1 unspecified atom stereocenters. The third-order valence-corrected chi connectivity index (χ3v) is 4.59. The highest BCUT2D eigenvalue weighted by Crippen LogP contribution is 2.14. The molecule has 2 aromatic rings. The van der Waals surface area contributed by atoms with Crippen LogP contribution in [-0.2, 0) is 33.6 Å². The number of esters is 1. The van der Waals surface area contributed by atoms with Crippen molar-refractivity contribution in [2.75, 3.05) is 13.2 Å². The molecule has 0 spiro atoms. The number of carbonyl (C=O) groups excluding carboxylic acids is 1. The zero-order valence-corrected chi connectivity index (χ0v) is 19.4. The van der Waals surface area contributed by atoms with Crippen molar-refractivity contribution in [1.82, 2.24) is 10.5 Å². The summed E-state index contributed by atoms with van der Waals surface area (Å²) in [6, 6.07) is 12.3. The Bertz CT molecular complexity index is 783. The molecular weight excluding hydrogens is 392 g/mol. The summed E-state index contributed by atoms with van der Waals surface area (Å²) in [6.45, 7) is 10.6. The lowest BCUT2D eigenvalue weighted by Crippen LogP contribution is -2.35. The lowest BCUT2D eigenvalue weighted by molar-refractivity contribution is -0.172. The first kappa shape index (κ1) is 24.8. The van der Waals surface area contributed by atoms with Crippen molar-refractivity contribution in [3.8, 4) is 5.75 Å². The van der Waals surface area contributed by atoms with E-state index in [1.165, 1.54) is 11.1 Å². The molecule has 0 saturated carbocycles. The molecule has 170 valence electrons. The van der Waals surface area contributed by atoms with Crippen LogP contribution in [0.2, 0.25) is 0 Å². The number of hydrogen-bond donors (Lipinski definition) is 1. The normalized spacial score (nSPS) is 12.4. The van der Waals surface area contributed by atoms with Crippen LogP contribution in [0.4, 0.5) is 0 Å². The number of ether oxygens (including phenoxy) is 2. The number of aryl methyl sites for hydroxylation is 2. The van der Waals surface area contributed by atoms with Gasteiger partial charge in [0.2, 0.25) is 0 Å². The Hall–Kier alpha value is -2.44. The van der Waals surface area contributed by atoms with Crippen LogP contribution in [0.1, 0.15) is 57.9 Å². The van der Waals surface area contributed by atoms with Gasteiger partial charge in [-0.25, -0.2) is 10.3 Å². The SMILES string of the molecule is CCc1ccc(CCOc2ccc(CCCNOC(C)C(=O)OC(C)(C)C)cc2)nc1. The zero-order chi connectivity index (χ0) is 22.7. The van der Waals surface area contributed by atoms with Crippen molar-refractivity contribution in [2.24, 2.45) is 0 Å². The molecule has 1 N–H and O–H groups in total. The van der Waals surface area contributed by atoms with Gasteiger partial charge in [0.15, 0.2) is 6.10 Å². The van der Waals surface area contributed by atoms with Gasteiger partial charge in [-0.1, -0.05) is 25.1 Å². The fourth-order valence-electron chi connectivity index (χ4n) is 2.82. The predicted molar refractivity (Wildman–Crippen MR) is 122 cm³/mol. The molecule has 6 nitrogen and oxygen atoms in total. The number of aromatic nitrogens is 1. The molecular formula is C25H36N2O4. The minimum absolute atomic E-state index is 0.371. The molecule has 1 aromatic heterocycles. The minimum atomic E-state index is -0.643. The standard InChI is InChI=1S/C25H36N2O4/c1-6-20-9-12-22(26-18-20)15-17-29-23-13-10-21(11-14-23)8-7-16-27-31-19(2)24(28)30-25(3,4)5/h9-14,18-19,27H,6-8,15-17H2,1-5H3. The van der Waals surface area contributed by atoms with Gasteiger partial charge < -0.3 is 9.47 Å². The Morgan fingerprint density at radius 2 is 1.77 bits per heavy atom. The van der Waals surface area contributed by atoms with Gasteiger partial charge in [0, 0.05) is 24.9 Å². The average Bonchev–Trinajstić information content (AvgIpc) is 2.73. The molecule has 2 rings (SSSR count). The number of rotatable bonds is 12. The predicted octanol–water partition coefficient (Wildman–Crippen LogP) is 4.45. The Balaban J connectivity index is 1.61. The number of carbonyl (C=O) groups is 1. The molecule has 0 saturated heterocycles. The van der Waals surface area contributed by atoms with Gasteiger partial charge in [-0.2, -0.15) is 0 Å². The highest BCUT2D eigenvalue weighted by molar-refractivity contribution is 5.74. The second-order valence-electron chi connectivity index (χ2n) is 8.55. The van der Waals surface area contributed by atoms with Gasteiger partial charge in [0.05, 0.1) is 6.61 Å². The molecule has 0 fully saturated rings. The number of benzene rings is 1. The summed E-state index contributed by atoms with van der Waals surface area (Å²) in [5, 5.41) is 0. The number of nitrogens with zero attached hydrogens (tertiary/aromatic N) is 1. The van der Waals surface area contributed by atoms with E-state index in [1.54, 1.807) is 6.92 Å². The quantitative estimate of drug-likeness (QED) is 0.306. The third-order valence-electron chi connectivity index (χ3n) is 4.59. The average molecular weight is 429 g/mol. The summed E-state index contributed by atoms with van der Waals surface area (Å²) >= 11 is 0. The lowest BCUT2D eigenvalue weighted by Gasteiger charge is -2.22. The van der Waals surface area contributed by atoms with Crippen LogP contribution < -0.4 is 10.2 Å². The van der Waals surface area contributed by atoms with E-state index in [9.17, 15) is 4.79 Å². The van der Waals surface area contributed by atoms with Gasteiger partial charge in [-0.05, 0) is 76.3 Å². The van der Waals surface area contributed by atoms with Gasteiger partial charge in [0.1, 0.15) is 11.4 Å². The maximum Gasteiger partial charge on any atom is 0.337 e. The molecule has 0 aliphatic rings. The second-order valence-corrected chi connectivity index (χ2v) is 8.55. The van der Waals surface area contributed by atoms with E-state index in [1.807, 2.05) is 39.1 Å². The topological polar surface area (TPSA) is 69.7 Å². The molecule has 0 aliphatic heterocycles. The van der Waals surface area contributed by atoms with Gasteiger partial charge >= 0.3 is 5.97 Å². The number of nitrogens with one attached hydrogen (secondary N) is 1. The van der Waals surface area contributed by atoms with Crippen molar-refractivity contribution < 1.29 is 19.1 Å². The maximum absolute atomic E-state index is 11.9. The summed E-state index contributed by atoms with van der Waals surface area (Å²) in [5.41, 5.74) is 5.86. The molecule has 0 radical (unpaired) electrons. The first-order chi connectivity index (χ1) is 14.8. The van der Waals surface area contributed by atoms with Crippen molar-refractivity contribution in [2.45, 2.75) is 72.0 Å². The second kappa shape index (κ2) is 12.4. The van der Waals surface area contributed by atoms with E-state index < -0.39 is 11.7 Å². The van der Waals surface area contributed by atoms with Crippen LogP contribution in [0.3, 0.4) is 0 Å². The van der Waals surface area contributed by atoms with Crippen molar-refractivity contribution in [3.05, 3.63) is 59.4 Å². The molecule has 0 aliphatic carbocycles. The highest BCUT2D eigenvalue weighted by atomic mass is 16.7. The molecule has 1 heterocycles. The summed E-state index contributed by atoms with van der Waals surface area (Å²) in [5.74, 6) is 0.492. The van der Waals surface area contributed by atoms with Crippen molar-refractivity contribution >= 4 is 5.97 Å². The smallest absolute Gasteiger partial charge is 0.337 e. The Labute approximate surface area is 186 Å². The van der Waals surface area contributed by atoms with Crippen LogP contribution in [0, 0.1) is 0 Å². The van der Waals surface area contributed by atoms with E-state index >= 15 is 0 Å². The summed E-state index contributed by atoms with van der Waals surface area (Å²) in [4.78, 5) is 21.7. The lowest BCUT2D eigenvalue weighted by atomic mass is 10.1. The minimum Gasteiger partial charge on any atom is -0.493 e. The fraction of sp³-hybridized carbons (Fsp3) is 0.520. The maximum atomic E-state index is 11.9. The third kappa shape index (κ3) is 9.94. The molecule has 31 heavy (non-hydrogen) atoms. The number of pyridine rings is 1. The van der Waals surface area contributed by atoms with E-state index in [4.69, 9.17) is 14.3 Å².